The van der Waals surface area contributed by atoms with Crippen LogP contribution in [0.1, 0.15) is 49.8 Å². The van der Waals surface area contributed by atoms with Crippen LogP contribution in [-0.4, -0.2) is 64.8 Å². The van der Waals surface area contributed by atoms with Crippen LogP contribution < -0.4 is 22.1 Å². The summed E-state index contributed by atoms with van der Waals surface area (Å²) in [5, 5.41) is 14.4. The van der Waals surface area contributed by atoms with Gasteiger partial charge in [-0.05, 0) is 69.0 Å². The fourth-order valence-corrected chi connectivity index (χ4v) is 2.94. The first-order valence-corrected chi connectivity index (χ1v) is 13.6. The van der Waals surface area contributed by atoms with Gasteiger partial charge in [0, 0.05) is 11.4 Å². The lowest BCUT2D eigenvalue weighted by Gasteiger charge is -2.24. The second kappa shape index (κ2) is 17.5. The molecule has 0 heterocycles. The maximum absolute atomic E-state index is 13.7. The van der Waals surface area contributed by atoms with E-state index in [9.17, 15) is 28.0 Å². The van der Waals surface area contributed by atoms with Crippen molar-refractivity contribution in [2.45, 2.75) is 38.8 Å². The molecular formula is C27H39F2IN4O6-2. The molecule has 0 aliphatic heterocycles. The van der Waals surface area contributed by atoms with Crippen LogP contribution in [0.25, 0.3) is 0 Å². The molecule has 226 valence electrons. The van der Waals surface area contributed by atoms with Gasteiger partial charge in [-0.25, -0.2) is 18.4 Å². The molecular weight excluding hydrogens is 641 g/mol. The summed E-state index contributed by atoms with van der Waals surface area (Å²) in [5.41, 5.74) is 8.59. The molecule has 13 heteroatoms. The van der Waals surface area contributed by atoms with Crippen LogP contribution >= 0.6 is 22.6 Å². The van der Waals surface area contributed by atoms with E-state index in [2.05, 4.69) is 38.0 Å². The number of carboxylic acid groups (broad SMARTS) is 1. The molecule has 0 saturated carbocycles. The monoisotopic (exact) mass is 681 g/mol. The third-order valence-corrected chi connectivity index (χ3v) is 5.05. The molecule has 0 amide bonds. The van der Waals surface area contributed by atoms with Crippen LogP contribution in [0.5, 0.6) is 0 Å². The Kier molecular flexibility index (Phi) is 17.1. The number of halogens is 3. The molecule has 0 saturated heterocycles. The smallest absolute Gasteiger partial charge is 0.330 e. The predicted octanol–water partition coefficient (Wildman–Crippen LogP) is 4.19. The number of carboxylic acids is 1. The Labute approximate surface area is 248 Å². The first-order chi connectivity index (χ1) is 18.1. The molecule has 0 bridgehead atoms. The molecule has 0 atom stereocenters. The second-order valence-electron chi connectivity index (χ2n) is 8.94. The summed E-state index contributed by atoms with van der Waals surface area (Å²) in [7, 11) is 1.27. The normalized spacial score (nSPS) is 10.4. The Morgan fingerprint density at radius 1 is 0.850 bits per heavy atom. The topological polar surface area (TPSA) is 174 Å². The SMILES string of the molecule is CC(C)(Nc1ccc(C(=O)CN)c(F)c1)C(=O)O.CI.COC(=O)C(C)(C)Nc1ccc(C(=O)CN)c(F)c1.[2H-].[CH3-]. The summed E-state index contributed by atoms with van der Waals surface area (Å²) < 4.78 is 31.9. The van der Waals surface area contributed by atoms with Crippen molar-refractivity contribution >= 4 is 57.5 Å². The Balaban J connectivity index is -0.000000635. The van der Waals surface area contributed by atoms with E-state index in [0.29, 0.717) is 5.69 Å². The van der Waals surface area contributed by atoms with Gasteiger partial charge in [0.1, 0.15) is 22.7 Å². The molecule has 0 aromatic heterocycles. The van der Waals surface area contributed by atoms with Gasteiger partial charge in [-0.2, -0.15) is 0 Å². The van der Waals surface area contributed by atoms with Crippen molar-refractivity contribution in [1.29, 1.82) is 0 Å². The van der Waals surface area contributed by atoms with E-state index in [4.69, 9.17) is 16.6 Å². The summed E-state index contributed by atoms with van der Waals surface area (Å²) in [4.78, 5) is 47.0. The molecule has 0 unspecified atom stereocenters. The zero-order valence-corrected chi connectivity index (χ0v) is 25.8. The molecule has 0 aliphatic rings. The number of esters is 1. The van der Waals surface area contributed by atoms with Crippen molar-refractivity contribution in [2.75, 3.05) is 35.8 Å². The largest absolute Gasteiger partial charge is 1.00 e. The second-order valence-corrected chi connectivity index (χ2v) is 8.94. The highest BCUT2D eigenvalue weighted by atomic mass is 127. The van der Waals surface area contributed by atoms with Crippen molar-refractivity contribution < 1.29 is 39.2 Å². The minimum Gasteiger partial charge on any atom is -1.00 e. The van der Waals surface area contributed by atoms with Crippen molar-refractivity contribution in [3.05, 3.63) is 66.6 Å². The van der Waals surface area contributed by atoms with Gasteiger partial charge in [0.2, 0.25) is 0 Å². The number of hydrogen-bond acceptors (Lipinski definition) is 9. The number of anilines is 2. The van der Waals surface area contributed by atoms with Crippen LogP contribution in [0.15, 0.2) is 36.4 Å². The van der Waals surface area contributed by atoms with E-state index in [1.54, 1.807) is 13.8 Å². The minimum absolute atomic E-state index is 0. The lowest BCUT2D eigenvalue weighted by Crippen LogP contribution is -2.41. The number of ketones is 2. The molecule has 2 aromatic carbocycles. The Morgan fingerprint density at radius 3 is 1.48 bits per heavy atom. The van der Waals surface area contributed by atoms with Crippen LogP contribution in [0.2, 0.25) is 0 Å². The fourth-order valence-electron chi connectivity index (χ4n) is 2.94. The molecule has 40 heavy (non-hydrogen) atoms. The van der Waals surface area contributed by atoms with Gasteiger partial charge in [0.15, 0.2) is 11.6 Å². The summed E-state index contributed by atoms with van der Waals surface area (Å²) >= 11 is 2.15. The third kappa shape index (κ3) is 11.5. The number of hydrogen-bond donors (Lipinski definition) is 5. The lowest BCUT2D eigenvalue weighted by atomic mass is 10.0. The van der Waals surface area contributed by atoms with Gasteiger partial charge in [0.05, 0.1) is 31.3 Å². The number of carbonyl (C=O) groups is 4. The number of rotatable bonds is 10. The summed E-state index contributed by atoms with van der Waals surface area (Å²) in [6.45, 7) is 5.59. The number of ether oxygens (including phenoxy) is 1. The van der Waals surface area contributed by atoms with E-state index in [-0.39, 0.29) is 38.8 Å². The number of methoxy groups -OCH3 is 1. The average molecular weight is 682 g/mol. The number of Topliss-reactive ketones (excluding diaryl/α,β-unsaturated/α-hetero) is 2. The van der Waals surface area contributed by atoms with Gasteiger partial charge in [-0.1, -0.05) is 22.6 Å². The van der Waals surface area contributed by atoms with Crippen molar-refractivity contribution in [2.24, 2.45) is 11.5 Å². The summed E-state index contributed by atoms with van der Waals surface area (Å²) in [6.07, 6.45) is 0. The first-order valence-electron chi connectivity index (χ1n) is 11.4. The quantitative estimate of drug-likeness (QED) is 0.0805. The number of benzene rings is 2. The number of carbonyl (C=O) groups excluding carboxylic acids is 3. The number of nitrogens with two attached hydrogens (primary N) is 2. The van der Waals surface area contributed by atoms with E-state index < -0.39 is 46.2 Å². The van der Waals surface area contributed by atoms with E-state index in [1.165, 1.54) is 45.2 Å². The molecule has 10 nitrogen and oxygen atoms in total. The maximum Gasteiger partial charge on any atom is 0.330 e. The maximum atomic E-state index is 13.7. The molecule has 7 N–H and O–H groups in total. The van der Waals surface area contributed by atoms with Gasteiger partial charge in [0.25, 0.3) is 0 Å². The van der Waals surface area contributed by atoms with E-state index in [1.807, 2.05) is 4.93 Å². The number of nitrogens with one attached hydrogen (secondary N) is 2. The Morgan fingerprint density at radius 2 is 1.20 bits per heavy atom. The predicted molar refractivity (Wildman–Crippen MR) is 162 cm³/mol. The van der Waals surface area contributed by atoms with Gasteiger partial charge < -0.3 is 40.8 Å². The molecule has 0 spiro atoms. The summed E-state index contributed by atoms with van der Waals surface area (Å²) in [6, 6.07) is 7.79. The Hall–Kier alpha value is -3.17. The lowest BCUT2D eigenvalue weighted by molar-refractivity contribution is -0.144. The zero-order chi connectivity index (χ0) is 30.6. The Bertz CT molecular complexity index is 1180. The van der Waals surface area contributed by atoms with Crippen molar-refractivity contribution in [3.8, 4) is 0 Å². The van der Waals surface area contributed by atoms with Crippen molar-refractivity contribution in [3.63, 3.8) is 0 Å². The van der Waals surface area contributed by atoms with Gasteiger partial charge >= 0.3 is 11.9 Å². The fraction of sp³-hybridized carbons (Fsp3) is 0.370. The van der Waals surface area contributed by atoms with E-state index in [0.717, 1.165) is 12.1 Å². The highest BCUT2D eigenvalue weighted by Gasteiger charge is 2.29. The average Bonchev–Trinajstić information content (AvgIpc) is 2.88. The standard InChI is InChI=1S/C13H17FN2O3.C12H15FN2O3.CH3I.CH3.H/c1-13(2,12(18)19-3)16-8-4-5-9(10(14)6-8)11(17)7-15;1-12(2,11(17)18)15-7-3-4-8(9(13)5-7)10(16)6-14;1-2;;/h4-6,16H,7,15H2,1-3H3;3-5,15H,6,14H2,1-2H3,(H,17,18);1H3;1H3;/q;;;2*-1/i;;;;1+1. The van der Waals surface area contributed by atoms with Gasteiger partial charge in [-0.3, -0.25) is 9.59 Å². The first kappa shape index (κ1) is 39.0. The number of aliphatic carboxylic acids is 1. The number of alkyl halides is 1. The molecule has 2 rings (SSSR count). The van der Waals surface area contributed by atoms with Gasteiger partial charge in [-0.15, -0.1) is 0 Å². The highest BCUT2D eigenvalue weighted by Crippen LogP contribution is 2.21. The highest BCUT2D eigenvalue weighted by molar-refractivity contribution is 14.1. The van der Waals surface area contributed by atoms with Crippen LogP contribution in [-0.2, 0) is 14.3 Å². The molecule has 0 fully saturated rings. The van der Waals surface area contributed by atoms with Crippen molar-refractivity contribution in [1.82, 2.24) is 0 Å². The minimum atomic E-state index is -1.23. The summed E-state index contributed by atoms with van der Waals surface area (Å²) in [5.74, 6) is -3.93. The van der Waals surface area contributed by atoms with Crippen LogP contribution in [0.3, 0.4) is 0 Å². The third-order valence-electron chi connectivity index (χ3n) is 5.05. The molecule has 0 aliphatic carbocycles. The van der Waals surface area contributed by atoms with Crippen LogP contribution in [0, 0.1) is 19.1 Å². The van der Waals surface area contributed by atoms with E-state index >= 15 is 0 Å². The molecule has 0 radical (unpaired) electrons. The molecule has 2 aromatic rings. The van der Waals surface area contributed by atoms with Crippen LogP contribution in [0.4, 0.5) is 20.2 Å². The zero-order valence-electron chi connectivity index (χ0n) is 24.7.